The van der Waals surface area contributed by atoms with Crippen molar-refractivity contribution in [2.75, 3.05) is 6.61 Å². The van der Waals surface area contributed by atoms with E-state index in [1.165, 1.54) is 44.9 Å². The molecule has 0 aromatic rings. The van der Waals surface area contributed by atoms with Crippen molar-refractivity contribution >= 4 is 8.69 Å². The second-order valence-corrected chi connectivity index (χ2v) is 4.79. The minimum absolute atomic E-state index is 0.688. The van der Waals surface area contributed by atoms with E-state index in [1.54, 1.807) is 0 Å². The monoisotopic (exact) mass is 234 g/mol. The molecule has 92 valence electrons. The predicted octanol–water partition coefficient (Wildman–Crippen LogP) is 4.45. The topological polar surface area (TPSA) is 26.3 Å². The van der Waals surface area contributed by atoms with Crippen LogP contribution in [0, 0.1) is 5.92 Å². The molecular weight excluding hydrogens is 207 g/mol. The third-order valence-electron chi connectivity index (χ3n) is 2.87. The van der Waals surface area contributed by atoms with Crippen LogP contribution >= 0.6 is 8.69 Å². The van der Waals surface area contributed by atoms with Crippen molar-refractivity contribution in [2.45, 2.75) is 65.2 Å². The van der Waals surface area contributed by atoms with Crippen molar-refractivity contribution in [3.05, 3.63) is 0 Å². The van der Waals surface area contributed by atoms with Crippen molar-refractivity contribution in [3.8, 4) is 0 Å². The summed E-state index contributed by atoms with van der Waals surface area (Å²) in [6.07, 6.45) is 10.3. The summed E-state index contributed by atoms with van der Waals surface area (Å²) in [4.78, 5) is 0. The molecule has 2 nitrogen and oxygen atoms in total. The molecule has 0 aromatic heterocycles. The Hall–Kier alpha value is 0.190. The van der Waals surface area contributed by atoms with Crippen molar-refractivity contribution in [2.24, 2.45) is 5.92 Å². The Kier molecular flexibility index (Phi) is 12.4. The molecule has 0 bridgehead atoms. The van der Waals surface area contributed by atoms with Gasteiger partial charge in [-0.1, -0.05) is 52.4 Å². The van der Waals surface area contributed by atoms with Crippen molar-refractivity contribution < 1.29 is 9.09 Å². The standard InChI is InChI=1S/C12H27O2P/c1-3-5-8-12(9-6-4-2)10-7-11-14-15-13/h12H,3-11,15H2,1-2H3. The van der Waals surface area contributed by atoms with Crippen molar-refractivity contribution in [1.82, 2.24) is 0 Å². The van der Waals surface area contributed by atoms with Gasteiger partial charge in [0.25, 0.3) is 0 Å². The molecule has 0 radical (unpaired) electrons. The van der Waals surface area contributed by atoms with E-state index >= 15 is 0 Å². The fourth-order valence-corrected chi connectivity index (χ4v) is 2.18. The van der Waals surface area contributed by atoms with E-state index in [0.717, 1.165) is 12.3 Å². The molecule has 0 saturated heterocycles. The van der Waals surface area contributed by atoms with Crippen molar-refractivity contribution in [1.29, 1.82) is 0 Å². The van der Waals surface area contributed by atoms with E-state index in [9.17, 15) is 4.57 Å². The van der Waals surface area contributed by atoms with Crippen LogP contribution in [0.15, 0.2) is 0 Å². The summed E-state index contributed by atoms with van der Waals surface area (Å²) >= 11 is 0. The molecule has 0 fully saturated rings. The zero-order valence-corrected chi connectivity index (χ0v) is 11.5. The first-order valence-electron chi connectivity index (χ1n) is 6.40. The Morgan fingerprint density at radius 2 is 1.53 bits per heavy atom. The van der Waals surface area contributed by atoms with E-state index in [-0.39, 0.29) is 0 Å². The summed E-state index contributed by atoms with van der Waals surface area (Å²) in [6, 6.07) is 0. The maximum atomic E-state index is 10.2. The predicted molar refractivity (Wildman–Crippen MR) is 68.1 cm³/mol. The molecule has 0 aliphatic rings. The van der Waals surface area contributed by atoms with Gasteiger partial charge in [-0.05, 0) is 18.8 Å². The zero-order chi connectivity index (χ0) is 11.4. The van der Waals surface area contributed by atoms with E-state index in [0.29, 0.717) is 6.61 Å². The van der Waals surface area contributed by atoms with Gasteiger partial charge in [-0.25, -0.2) is 0 Å². The van der Waals surface area contributed by atoms with Crippen molar-refractivity contribution in [3.63, 3.8) is 0 Å². The minimum atomic E-state index is -1.000. The van der Waals surface area contributed by atoms with Gasteiger partial charge in [-0.2, -0.15) is 0 Å². The van der Waals surface area contributed by atoms with Gasteiger partial charge in [0, 0.05) is 0 Å². The van der Waals surface area contributed by atoms with Crippen LogP contribution in [0.4, 0.5) is 0 Å². The molecular formula is C12H27O2P. The van der Waals surface area contributed by atoms with Gasteiger partial charge in [0.2, 0.25) is 0 Å². The number of hydrogen-bond donors (Lipinski definition) is 0. The summed E-state index contributed by atoms with van der Waals surface area (Å²) in [7, 11) is -1.000. The molecule has 0 N–H and O–H groups in total. The second-order valence-electron chi connectivity index (χ2n) is 4.26. The number of rotatable bonds is 11. The first-order valence-corrected chi connectivity index (χ1v) is 7.34. The third-order valence-corrected chi connectivity index (χ3v) is 3.25. The van der Waals surface area contributed by atoms with Gasteiger partial charge in [-0.3, -0.25) is 4.57 Å². The highest BCUT2D eigenvalue weighted by Crippen LogP contribution is 2.21. The summed E-state index contributed by atoms with van der Waals surface area (Å²) in [5.41, 5.74) is 0. The molecule has 3 heteroatoms. The molecule has 1 unspecified atom stereocenters. The lowest BCUT2D eigenvalue weighted by atomic mass is 9.92. The first kappa shape index (κ1) is 15.2. The molecule has 0 saturated carbocycles. The maximum absolute atomic E-state index is 10.2. The Bertz CT molecular complexity index is 132. The highest BCUT2D eigenvalue weighted by Gasteiger charge is 2.07. The van der Waals surface area contributed by atoms with Crippen LogP contribution in [0.3, 0.4) is 0 Å². The minimum Gasteiger partial charge on any atom is -0.332 e. The SMILES string of the molecule is CCCCC(CCCC)CCCO[PH2]=O. The summed E-state index contributed by atoms with van der Waals surface area (Å²) in [5.74, 6) is 0.871. The fourth-order valence-electron chi connectivity index (χ4n) is 1.92. The van der Waals surface area contributed by atoms with E-state index in [4.69, 9.17) is 4.52 Å². The first-order chi connectivity index (χ1) is 7.35. The molecule has 0 heterocycles. The molecule has 0 amide bonds. The Labute approximate surface area is 96.1 Å². The average Bonchev–Trinajstić information content (AvgIpc) is 2.27. The Balaban J connectivity index is 3.53. The van der Waals surface area contributed by atoms with Crippen LogP contribution < -0.4 is 0 Å². The highest BCUT2D eigenvalue weighted by molar-refractivity contribution is 7.17. The van der Waals surface area contributed by atoms with E-state index in [1.807, 2.05) is 0 Å². The smallest absolute Gasteiger partial charge is 0.179 e. The van der Waals surface area contributed by atoms with Crippen LogP contribution in [0.5, 0.6) is 0 Å². The lowest BCUT2D eigenvalue weighted by Gasteiger charge is -2.15. The highest BCUT2D eigenvalue weighted by atomic mass is 31.1. The molecule has 1 atom stereocenters. The van der Waals surface area contributed by atoms with Gasteiger partial charge in [0.15, 0.2) is 8.69 Å². The third kappa shape index (κ3) is 10.5. The summed E-state index contributed by atoms with van der Waals surface area (Å²) < 4.78 is 15.1. The second kappa shape index (κ2) is 12.3. The van der Waals surface area contributed by atoms with Gasteiger partial charge in [-0.15, -0.1) is 0 Å². The molecule has 15 heavy (non-hydrogen) atoms. The quantitative estimate of drug-likeness (QED) is 0.390. The van der Waals surface area contributed by atoms with Gasteiger partial charge < -0.3 is 4.52 Å². The number of unbranched alkanes of at least 4 members (excludes halogenated alkanes) is 2. The normalized spacial score (nSPS) is 11.9. The van der Waals surface area contributed by atoms with Crippen LogP contribution in [-0.2, 0) is 9.09 Å². The average molecular weight is 234 g/mol. The molecule has 0 spiro atoms. The summed E-state index contributed by atoms with van der Waals surface area (Å²) in [5, 5.41) is 0. The van der Waals surface area contributed by atoms with Gasteiger partial charge >= 0.3 is 0 Å². The number of hydrogen-bond acceptors (Lipinski definition) is 2. The Morgan fingerprint density at radius 3 is 2.00 bits per heavy atom. The summed E-state index contributed by atoms with van der Waals surface area (Å²) in [6.45, 7) is 5.19. The van der Waals surface area contributed by atoms with Gasteiger partial charge in [0.1, 0.15) is 0 Å². The lowest BCUT2D eigenvalue weighted by Crippen LogP contribution is -2.02. The van der Waals surface area contributed by atoms with Crippen LogP contribution in [0.25, 0.3) is 0 Å². The zero-order valence-electron chi connectivity index (χ0n) is 10.3. The Morgan fingerprint density at radius 1 is 1.00 bits per heavy atom. The van der Waals surface area contributed by atoms with E-state index in [2.05, 4.69) is 13.8 Å². The largest absolute Gasteiger partial charge is 0.332 e. The van der Waals surface area contributed by atoms with Crippen LogP contribution in [0.1, 0.15) is 65.2 Å². The van der Waals surface area contributed by atoms with Gasteiger partial charge in [0.05, 0.1) is 6.61 Å². The van der Waals surface area contributed by atoms with Crippen LogP contribution in [0.2, 0.25) is 0 Å². The maximum Gasteiger partial charge on any atom is 0.179 e. The molecule has 0 aromatic carbocycles. The lowest BCUT2D eigenvalue weighted by molar-refractivity contribution is 0.299. The molecule has 0 aliphatic heterocycles. The fraction of sp³-hybridized carbons (Fsp3) is 1.00. The van der Waals surface area contributed by atoms with Crippen LogP contribution in [-0.4, -0.2) is 6.61 Å². The molecule has 0 aliphatic carbocycles. The molecule has 0 rings (SSSR count). The van der Waals surface area contributed by atoms with E-state index < -0.39 is 8.69 Å².